The van der Waals surface area contributed by atoms with Crippen LogP contribution in [0, 0.1) is 0 Å². The fourth-order valence-electron chi connectivity index (χ4n) is 1.98. The highest BCUT2D eigenvalue weighted by atomic mass is 19.4. The van der Waals surface area contributed by atoms with Crippen LogP contribution in [-0.4, -0.2) is 9.55 Å². The van der Waals surface area contributed by atoms with Crippen LogP contribution in [0.25, 0.3) is 5.69 Å². The summed E-state index contributed by atoms with van der Waals surface area (Å²) in [4.78, 5) is 3.94. The predicted octanol–water partition coefficient (Wildman–Crippen LogP) is 4.40. The van der Waals surface area contributed by atoms with Gasteiger partial charge in [-0.1, -0.05) is 13.8 Å². The second kappa shape index (κ2) is 5.07. The van der Waals surface area contributed by atoms with E-state index in [4.69, 9.17) is 0 Å². The van der Waals surface area contributed by atoms with Crippen molar-refractivity contribution < 1.29 is 13.2 Å². The van der Waals surface area contributed by atoms with E-state index in [1.807, 2.05) is 13.8 Å². The number of imidazole rings is 1. The van der Waals surface area contributed by atoms with Gasteiger partial charge in [-0.2, -0.15) is 13.2 Å². The summed E-state index contributed by atoms with van der Waals surface area (Å²) in [6.07, 6.45) is 1.40. The highest BCUT2D eigenvalue weighted by molar-refractivity contribution is 5.46. The standard InChI is InChI=1S/C14H15F3N2/c1-3-10(2)12-8-11(14(15,16)17)4-5-13(12)19-7-6-18-9-19/h4-10H,3H2,1-2H3. The number of hydrogen-bond donors (Lipinski definition) is 0. The molecule has 1 heterocycles. The lowest BCUT2D eigenvalue weighted by atomic mass is 9.94. The van der Waals surface area contributed by atoms with Gasteiger partial charge in [0.05, 0.1) is 11.9 Å². The number of aromatic nitrogens is 2. The molecule has 1 aromatic carbocycles. The zero-order valence-corrected chi connectivity index (χ0v) is 10.8. The monoisotopic (exact) mass is 268 g/mol. The zero-order chi connectivity index (χ0) is 14.0. The Kier molecular flexibility index (Phi) is 3.64. The molecule has 0 N–H and O–H groups in total. The van der Waals surface area contributed by atoms with Crippen LogP contribution in [0.5, 0.6) is 0 Å². The number of nitrogens with zero attached hydrogens (tertiary/aromatic N) is 2. The van der Waals surface area contributed by atoms with Crippen molar-refractivity contribution in [3.05, 3.63) is 48.0 Å². The van der Waals surface area contributed by atoms with Crippen LogP contribution in [0.4, 0.5) is 13.2 Å². The molecule has 0 spiro atoms. The maximum atomic E-state index is 12.8. The SMILES string of the molecule is CCC(C)c1cc(C(F)(F)F)ccc1-n1ccnc1. The highest BCUT2D eigenvalue weighted by Gasteiger charge is 2.31. The van der Waals surface area contributed by atoms with Gasteiger partial charge in [-0.3, -0.25) is 0 Å². The first kappa shape index (κ1) is 13.6. The third-order valence-corrected chi connectivity index (χ3v) is 3.28. The fourth-order valence-corrected chi connectivity index (χ4v) is 1.98. The molecule has 5 heteroatoms. The van der Waals surface area contributed by atoms with Crippen molar-refractivity contribution >= 4 is 0 Å². The molecule has 1 aromatic heterocycles. The normalized spacial score (nSPS) is 13.5. The first-order chi connectivity index (χ1) is 8.93. The van der Waals surface area contributed by atoms with Crippen LogP contribution in [0.3, 0.4) is 0 Å². The van der Waals surface area contributed by atoms with Gasteiger partial charge in [0.1, 0.15) is 0 Å². The molecule has 102 valence electrons. The molecule has 2 nitrogen and oxygen atoms in total. The summed E-state index contributed by atoms with van der Waals surface area (Å²) in [6, 6.07) is 3.86. The van der Waals surface area contributed by atoms with E-state index in [9.17, 15) is 13.2 Å². The fraction of sp³-hybridized carbons (Fsp3) is 0.357. The lowest BCUT2D eigenvalue weighted by Crippen LogP contribution is -2.09. The van der Waals surface area contributed by atoms with Gasteiger partial charge >= 0.3 is 6.18 Å². The van der Waals surface area contributed by atoms with Crippen molar-refractivity contribution in [1.29, 1.82) is 0 Å². The molecule has 0 fully saturated rings. The van der Waals surface area contributed by atoms with Crippen LogP contribution in [0.15, 0.2) is 36.9 Å². The number of hydrogen-bond acceptors (Lipinski definition) is 1. The van der Waals surface area contributed by atoms with E-state index in [1.165, 1.54) is 12.1 Å². The zero-order valence-electron chi connectivity index (χ0n) is 10.8. The molecule has 2 aromatic rings. The Hall–Kier alpha value is -1.78. The molecule has 1 unspecified atom stereocenters. The van der Waals surface area contributed by atoms with E-state index in [-0.39, 0.29) is 5.92 Å². The third-order valence-electron chi connectivity index (χ3n) is 3.28. The molecule has 1 atom stereocenters. The van der Waals surface area contributed by atoms with E-state index in [2.05, 4.69) is 4.98 Å². The highest BCUT2D eigenvalue weighted by Crippen LogP contribution is 2.34. The lowest BCUT2D eigenvalue weighted by molar-refractivity contribution is -0.137. The first-order valence-corrected chi connectivity index (χ1v) is 6.13. The molecular weight excluding hydrogens is 253 g/mol. The second-order valence-corrected chi connectivity index (χ2v) is 4.55. The Morgan fingerprint density at radius 2 is 2.05 bits per heavy atom. The van der Waals surface area contributed by atoms with Crippen molar-refractivity contribution in [2.24, 2.45) is 0 Å². The minimum atomic E-state index is -4.31. The summed E-state index contributed by atoms with van der Waals surface area (Å²) in [6.45, 7) is 3.89. The van der Waals surface area contributed by atoms with Crippen LogP contribution in [-0.2, 0) is 6.18 Å². The molecule has 19 heavy (non-hydrogen) atoms. The van der Waals surface area contributed by atoms with Gasteiger partial charge in [0.25, 0.3) is 0 Å². The van der Waals surface area contributed by atoms with Crippen molar-refractivity contribution in [3.8, 4) is 5.69 Å². The quantitative estimate of drug-likeness (QED) is 0.806. The molecule has 0 saturated heterocycles. The topological polar surface area (TPSA) is 17.8 Å². The van der Waals surface area contributed by atoms with Crippen LogP contribution < -0.4 is 0 Å². The Morgan fingerprint density at radius 3 is 2.58 bits per heavy atom. The summed E-state index contributed by atoms with van der Waals surface area (Å²) >= 11 is 0. The van der Waals surface area contributed by atoms with Gasteiger partial charge in [0.2, 0.25) is 0 Å². The van der Waals surface area contributed by atoms with Crippen LogP contribution >= 0.6 is 0 Å². The molecule has 0 aliphatic rings. The minimum Gasteiger partial charge on any atom is -0.306 e. The number of benzene rings is 1. The first-order valence-electron chi connectivity index (χ1n) is 6.13. The number of halogens is 3. The number of rotatable bonds is 3. The Labute approximate surface area is 109 Å². The van der Waals surface area contributed by atoms with E-state index < -0.39 is 11.7 Å². The van der Waals surface area contributed by atoms with Gasteiger partial charge in [0.15, 0.2) is 0 Å². The summed E-state index contributed by atoms with van der Waals surface area (Å²) in [5.41, 5.74) is 0.835. The second-order valence-electron chi connectivity index (χ2n) is 4.55. The van der Waals surface area contributed by atoms with Crippen molar-refractivity contribution in [2.45, 2.75) is 32.4 Å². The third kappa shape index (κ3) is 2.80. The smallest absolute Gasteiger partial charge is 0.306 e. The molecular formula is C14H15F3N2. The van der Waals surface area contributed by atoms with E-state index in [1.54, 1.807) is 23.3 Å². The number of alkyl halides is 3. The average Bonchev–Trinajstić information content (AvgIpc) is 2.89. The summed E-state index contributed by atoms with van der Waals surface area (Å²) in [7, 11) is 0. The Balaban J connectivity index is 2.56. The molecule has 0 amide bonds. The van der Waals surface area contributed by atoms with Gasteiger partial charge in [-0.15, -0.1) is 0 Å². The molecule has 2 rings (SSSR count). The van der Waals surface area contributed by atoms with Crippen molar-refractivity contribution in [3.63, 3.8) is 0 Å². The molecule has 0 aliphatic carbocycles. The maximum Gasteiger partial charge on any atom is 0.416 e. The summed E-state index contributed by atoms with van der Waals surface area (Å²) < 4.78 is 40.1. The summed E-state index contributed by atoms with van der Waals surface area (Å²) in [5, 5.41) is 0. The van der Waals surface area contributed by atoms with Gasteiger partial charge < -0.3 is 4.57 Å². The van der Waals surface area contributed by atoms with Crippen LogP contribution in [0.2, 0.25) is 0 Å². The summed E-state index contributed by atoms with van der Waals surface area (Å²) in [5.74, 6) is 0.0553. The largest absolute Gasteiger partial charge is 0.416 e. The van der Waals surface area contributed by atoms with Gasteiger partial charge in [0, 0.05) is 18.1 Å². The van der Waals surface area contributed by atoms with Gasteiger partial charge in [-0.25, -0.2) is 4.98 Å². The van der Waals surface area contributed by atoms with Crippen molar-refractivity contribution in [2.75, 3.05) is 0 Å². The molecule has 0 bridgehead atoms. The van der Waals surface area contributed by atoms with E-state index in [0.29, 0.717) is 5.56 Å². The van der Waals surface area contributed by atoms with E-state index >= 15 is 0 Å². The van der Waals surface area contributed by atoms with Gasteiger partial charge in [-0.05, 0) is 36.1 Å². The molecule has 0 saturated carbocycles. The predicted molar refractivity (Wildman–Crippen MR) is 67.3 cm³/mol. The Bertz CT molecular complexity index is 544. The van der Waals surface area contributed by atoms with Crippen molar-refractivity contribution in [1.82, 2.24) is 9.55 Å². The van der Waals surface area contributed by atoms with E-state index in [0.717, 1.165) is 18.2 Å². The van der Waals surface area contributed by atoms with Crippen LogP contribution in [0.1, 0.15) is 37.3 Å². The molecule has 0 radical (unpaired) electrons. The Morgan fingerprint density at radius 1 is 1.32 bits per heavy atom. The minimum absolute atomic E-state index is 0.0553. The molecule has 0 aliphatic heterocycles. The lowest BCUT2D eigenvalue weighted by Gasteiger charge is -2.18. The maximum absolute atomic E-state index is 12.8. The average molecular weight is 268 g/mol.